The van der Waals surface area contributed by atoms with Gasteiger partial charge in [0.05, 0.1) is 4.91 Å². The molecule has 126 valence electrons. The molecule has 2 heterocycles. The zero-order chi connectivity index (χ0) is 17.4. The van der Waals surface area contributed by atoms with Crippen molar-refractivity contribution < 1.29 is 24.2 Å². The smallest absolute Gasteiger partial charge is 0.327 e. The number of thiocarbonyl (C=S) groups is 1. The number of aliphatic carboxylic acids is 1. The molecule has 24 heavy (non-hydrogen) atoms. The fraction of sp³-hybridized carbons (Fsp3) is 0.312. The second-order valence-corrected chi connectivity index (χ2v) is 7.37. The number of carbonyl (C=O) groups excluding carboxylic acids is 1. The highest BCUT2D eigenvalue weighted by molar-refractivity contribution is 8.26. The number of rotatable bonds is 4. The van der Waals surface area contributed by atoms with Crippen LogP contribution in [-0.2, 0) is 9.59 Å². The molecule has 1 saturated heterocycles. The highest BCUT2D eigenvalue weighted by Crippen LogP contribution is 2.37. The third kappa shape index (κ3) is 2.99. The van der Waals surface area contributed by atoms with Crippen molar-refractivity contribution in [2.75, 3.05) is 6.79 Å². The Labute approximate surface area is 148 Å². The molecule has 2 aliphatic heterocycles. The lowest BCUT2D eigenvalue weighted by molar-refractivity contribution is -0.146. The summed E-state index contributed by atoms with van der Waals surface area (Å²) in [6.45, 7) is 3.67. The fourth-order valence-corrected chi connectivity index (χ4v) is 3.90. The van der Waals surface area contributed by atoms with Crippen molar-refractivity contribution in [3.63, 3.8) is 0 Å². The highest BCUT2D eigenvalue weighted by atomic mass is 32.2. The Morgan fingerprint density at radius 3 is 2.75 bits per heavy atom. The van der Waals surface area contributed by atoms with Gasteiger partial charge in [0.1, 0.15) is 10.4 Å². The molecule has 3 rings (SSSR count). The molecule has 1 aromatic carbocycles. The minimum absolute atomic E-state index is 0.176. The van der Waals surface area contributed by atoms with Gasteiger partial charge < -0.3 is 14.6 Å². The number of hydrogen-bond acceptors (Lipinski definition) is 6. The average Bonchev–Trinajstić information content (AvgIpc) is 3.06. The Balaban J connectivity index is 1.89. The highest BCUT2D eigenvalue weighted by Gasteiger charge is 2.41. The topological polar surface area (TPSA) is 76.1 Å². The Bertz CT molecular complexity index is 759. The number of carbonyl (C=O) groups is 2. The molecule has 8 heteroatoms. The SMILES string of the molecule is CC(C)C(C(=O)O)N1C(=O)/C(=C\c2ccc3c(c2)OCO3)SC1=S. The van der Waals surface area contributed by atoms with Gasteiger partial charge in [-0.25, -0.2) is 4.79 Å². The first-order valence-electron chi connectivity index (χ1n) is 7.28. The Morgan fingerprint density at radius 2 is 2.08 bits per heavy atom. The zero-order valence-electron chi connectivity index (χ0n) is 13.0. The van der Waals surface area contributed by atoms with E-state index in [1.807, 2.05) is 0 Å². The summed E-state index contributed by atoms with van der Waals surface area (Å²) in [5, 5.41) is 9.41. The van der Waals surface area contributed by atoms with Crippen molar-refractivity contribution in [2.24, 2.45) is 5.92 Å². The summed E-state index contributed by atoms with van der Waals surface area (Å²) in [5.74, 6) is -0.431. The second kappa shape index (κ2) is 6.45. The van der Waals surface area contributed by atoms with E-state index >= 15 is 0 Å². The Hall–Kier alpha value is -2.06. The van der Waals surface area contributed by atoms with E-state index in [1.54, 1.807) is 38.1 Å². The minimum atomic E-state index is -1.06. The van der Waals surface area contributed by atoms with Crippen LogP contribution in [0.3, 0.4) is 0 Å². The molecule has 0 saturated carbocycles. The second-order valence-electron chi connectivity index (χ2n) is 5.69. The monoisotopic (exact) mass is 365 g/mol. The van der Waals surface area contributed by atoms with Crippen LogP contribution in [0, 0.1) is 5.92 Å². The van der Waals surface area contributed by atoms with Gasteiger partial charge in [0.25, 0.3) is 5.91 Å². The van der Waals surface area contributed by atoms with Crippen molar-refractivity contribution in [3.8, 4) is 11.5 Å². The van der Waals surface area contributed by atoms with Crippen LogP contribution in [0.2, 0.25) is 0 Å². The average molecular weight is 365 g/mol. The first-order chi connectivity index (χ1) is 11.4. The van der Waals surface area contributed by atoms with Crippen molar-refractivity contribution in [2.45, 2.75) is 19.9 Å². The maximum atomic E-state index is 12.6. The molecule has 1 unspecified atom stereocenters. The van der Waals surface area contributed by atoms with E-state index in [0.29, 0.717) is 16.4 Å². The van der Waals surface area contributed by atoms with Gasteiger partial charge in [-0.15, -0.1) is 0 Å². The van der Waals surface area contributed by atoms with Gasteiger partial charge >= 0.3 is 5.97 Å². The van der Waals surface area contributed by atoms with Crippen LogP contribution in [0.1, 0.15) is 19.4 Å². The molecule has 0 spiro atoms. The third-order valence-corrected chi connectivity index (χ3v) is 5.01. The predicted octanol–water partition coefficient (Wildman–Crippen LogP) is 2.73. The minimum Gasteiger partial charge on any atom is -0.480 e. The summed E-state index contributed by atoms with van der Waals surface area (Å²) >= 11 is 6.33. The molecule has 0 aromatic heterocycles. The molecular formula is C16H15NO5S2. The summed E-state index contributed by atoms with van der Waals surface area (Å²) in [6.07, 6.45) is 1.68. The number of ether oxygens (including phenoxy) is 2. The zero-order valence-corrected chi connectivity index (χ0v) is 14.6. The number of thioether (sulfide) groups is 1. The van der Waals surface area contributed by atoms with Crippen LogP contribution in [0.15, 0.2) is 23.1 Å². The number of amides is 1. The lowest BCUT2D eigenvalue weighted by Crippen LogP contribution is -2.47. The van der Waals surface area contributed by atoms with Gasteiger partial charge in [-0.1, -0.05) is 43.9 Å². The molecule has 1 N–H and O–H groups in total. The standard InChI is InChI=1S/C16H15NO5S2/c1-8(2)13(15(19)20)17-14(18)12(24-16(17)23)6-9-3-4-10-11(5-9)22-7-21-10/h3-6,8,13H,7H2,1-2H3,(H,19,20)/b12-6+. The fourth-order valence-electron chi connectivity index (χ4n) is 2.57. The summed E-state index contributed by atoms with van der Waals surface area (Å²) in [4.78, 5) is 25.7. The van der Waals surface area contributed by atoms with E-state index in [0.717, 1.165) is 17.3 Å². The summed E-state index contributed by atoms with van der Waals surface area (Å²) in [7, 11) is 0. The summed E-state index contributed by atoms with van der Waals surface area (Å²) in [5.41, 5.74) is 0.760. The van der Waals surface area contributed by atoms with Crippen molar-refractivity contribution in [3.05, 3.63) is 28.7 Å². The molecule has 0 aliphatic carbocycles. The third-order valence-electron chi connectivity index (χ3n) is 3.68. The molecule has 1 aromatic rings. The van der Waals surface area contributed by atoms with Gasteiger partial charge in [0.2, 0.25) is 6.79 Å². The van der Waals surface area contributed by atoms with Gasteiger partial charge in [-0.3, -0.25) is 9.69 Å². The van der Waals surface area contributed by atoms with Crippen LogP contribution in [0.4, 0.5) is 0 Å². The molecule has 1 amide bonds. The predicted molar refractivity (Wildman–Crippen MR) is 93.8 cm³/mol. The quantitative estimate of drug-likeness (QED) is 0.649. The van der Waals surface area contributed by atoms with E-state index < -0.39 is 12.0 Å². The van der Waals surface area contributed by atoms with Crippen LogP contribution < -0.4 is 9.47 Å². The molecule has 6 nitrogen and oxygen atoms in total. The molecule has 0 radical (unpaired) electrons. The van der Waals surface area contributed by atoms with Gasteiger partial charge in [-0.2, -0.15) is 0 Å². The van der Waals surface area contributed by atoms with Crippen LogP contribution in [0.25, 0.3) is 6.08 Å². The lowest BCUT2D eigenvalue weighted by Gasteiger charge is -2.26. The van der Waals surface area contributed by atoms with Crippen LogP contribution in [0.5, 0.6) is 11.5 Å². The van der Waals surface area contributed by atoms with E-state index in [1.165, 1.54) is 4.90 Å². The summed E-state index contributed by atoms with van der Waals surface area (Å²) < 4.78 is 10.8. The van der Waals surface area contributed by atoms with Crippen molar-refractivity contribution >= 4 is 46.3 Å². The van der Waals surface area contributed by atoms with E-state index in [-0.39, 0.29) is 22.9 Å². The van der Waals surface area contributed by atoms with E-state index in [4.69, 9.17) is 21.7 Å². The van der Waals surface area contributed by atoms with Crippen LogP contribution in [-0.4, -0.2) is 39.0 Å². The molecular weight excluding hydrogens is 350 g/mol. The maximum Gasteiger partial charge on any atom is 0.327 e. The number of carboxylic acids is 1. The largest absolute Gasteiger partial charge is 0.480 e. The van der Waals surface area contributed by atoms with E-state index in [9.17, 15) is 14.7 Å². The Kier molecular flexibility index (Phi) is 4.51. The number of hydrogen-bond donors (Lipinski definition) is 1. The van der Waals surface area contributed by atoms with Crippen molar-refractivity contribution in [1.82, 2.24) is 4.90 Å². The van der Waals surface area contributed by atoms with Crippen molar-refractivity contribution in [1.29, 1.82) is 0 Å². The first-order valence-corrected chi connectivity index (χ1v) is 8.50. The normalized spacial score (nSPS) is 19.5. The molecule has 2 aliphatic rings. The van der Waals surface area contributed by atoms with Gasteiger partial charge in [-0.05, 0) is 29.7 Å². The molecule has 1 atom stereocenters. The Morgan fingerprint density at radius 1 is 1.38 bits per heavy atom. The van der Waals surface area contributed by atoms with Gasteiger partial charge in [0.15, 0.2) is 11.5 Å². The molecule has 0 bridgehead atoms. The number of fused-ring (bicyclic) bond motifs is 1. The summed E-state index contributed by atoms with van der Waals surface area (Å²) in [6, 6.07) is 4.37. The maximum absolute atomic E-state index is 12.6. The first kappa shape index (κ1) is 16.8. The number of carboxylic acid groups (broad SMARTS) is 1. The number of nitrogens with zero attached hydrogens (tertiary/aromatic N) is 1. The van der Waals surface area contributed by atoms with E-state index in [2.05, 4.69) is 0 Å². The lowest BCUT2D eigenvalue weighted by atomic mass is 10.0. The van der Waals surface area contributed by atoms with Crippen LogP contribution >= 0.6 is 24.0 Å². The number of benzene rings is 1. The van der Waals surface area contributed by atoms with Gasteiger partial charge in [0, 0.05) is 0 Å². The molecule has 1 fully saturated rings.